The molecule has 70 heavy (non-hydrogen) atoms. The van der Waals surface area contributed by atoms with Gasteiger partial charge in [-0.1, -0.05) is 85.7 Å². The van der Waals surface area contributed by atoms with Gasteiger partial charge in [-0.15, -0.1) is 0 Å². The average molecular weight is 982 g/mol. The van der Waals surface area contributed by atoms with Crippen molar-refractivity contribution in [2.45, 2.75) is 162 Å². The Morgan fingerprint density at radius 3 is 1.66 bits per heavy atom. The molecule has 19 heteroatoms. The number of likely N-dealkylation sites (N-methyl/N-ethyl adjacent to an activating group) is 4. The number of nitrogens with one attached hydrogen (secondary N) is 4. The number of aliphatic hydroxyl groups is 1. The van der Waals surface area contributed by atoms with Gasteiger partial charge in [0.15, 0.2) is 0 Å². The van der Waals surface area contributed by atoms with Gasteiger partial charge in [-0.2, -0.15) is 0 Å². The molecule has 0 radical (unpaired) electrons. The zero-order chi connectivity index (χ0) is 52.7. The number of likely N-dealkylation sites (tertiary alicyclic amines) is 1. The Labute approximate surface area is 415 Å². The Kier molecular flexibility index (Phi) is 22.8. The summed E-state index contributed by atoms with van der Waals surface area (Å²) in [5.41, 5.74) is 0.702. The van der Waals surface area contributed by atoms with Gasteiger partial charge in [0.25, 0.3) is 0 Å². The fourth-order valence-electron chi connectivity index (χ4n) is 8.99. The van der Waals surface area contributed by atoms with E-state index in [4.69, 9.17) is 0 Å². The first kappa shape index (κ1) is 58.7. The van der Waals surface area contributed by atoms with Crippen LogP contribution in [0.25, 0.3) is 0 Å². The fraction of sp³-hybridized carbons (Fsp3) is 0.706. The zero-order valence-corrected chi connectivity index (χ0v) is 44.0. The SMILES string of the molecule is CC(C)C[C@@H]1NC(=O)CN(C)C(=O)[C@H](CC(C)C)N(C)C(=O)[C@H]([C@@H](C)O)NC(=O)[C@H](CC(C)C)N(C)C(=O)[C@H](Cc2ccccc2)N(C)C(=O)[C@H](C(C)C)NC(=O)C[C@@H](C(=O)N2CCCCC2)NC1=O. The number of hydrogen-bond donors (Lipinski definition) is 5. The third-order valence-electron chi connectivity index (χ3n) is 13.1. The van der Waals surface area contributed by atoms with E-state index in [9.17, 15) is 48.3 Å². The molecule has 392 valence electrons. The lowest BCUT2D eigenvalue weighted by atomic mass is 9.96. The molecular weight excluding hydrogens is 899 g/mol. The third kappa shape index (κ3) is 16.8. The maximum atomic E-state index is 15.0. The minimum atomic E-state index is -1.57. The predicted octanol–water partition coefficient (Wildman–Crippen LogP) is 1.70. The minimum absolute atomic E-state index is 0.0207. The molecule has 19 nitrogen and oxygen atoms in total. The number of carbonyl (C=O) groups is 9. The van der Waals surface area contributed by atoms with Crippen molar-refractivity contribution >= 4 is 53.2 Å². The molecule has 0 aromatic heterocycles. The molecule has 5 N–H and O–H groups in total. The fourth-order valence-corrected chi connectivity index (χ4v) is 8.99. The Bertz CT molecular complexity index is 1970. The van der Waals surface area contributed by atoms with E-state index in [1.54, 1.807) is 43.0 Å². The van der Waals surface area contributed by atoms with E-state index in [0.29, 0.717) is 18.7 Å². The molecule has 2 aliphatic rings. The van der Waals surface area contributed by atoms with E-state index in [1.165, 1.54) is 44.9 Å². The predicted molar refractivity (Wildman–Crippen MR) is 265 cm³/mol. The molecule has 0 bridgehead atoms. The van der Waals surface area contributed by atoms with Crippen LogP contribution >= 0.6 is 0 Å². The van der Waals surface area contributed by atoms with Crippen LogP contribution in [0.2, 0.25) is 0 Å². The number of nitrogens with zero attached hydrogens (tertiary/aromatic N) is 5. The Morgan fingerprint density at radius 1 is 0.586 bits per heavy atom. The summed E-state index contributed by atoms with van der Waals surface area (Å²) in [4.78, 5) is 136. The second kappa shape index (κ2) is 27.1. The quantitative estimate of drug-likeness (QED) is 0.215. The van der Waals surface area contributed by atoms with Gasteiger partial charge in [0, 0.05) is 47.7 Å². The number of carbonyl (C=O) groups excluding carboxylic acids is 9. The number of benzene rings is 1. The third-order valence-corrected chi connectivity index (χ3v) is 13.1. The molecule has 0 saturated carbocycles. The van der Waals surface area contributed by atoms with Crippen LogP contribution in [0.1, 0.15) is 113 Å². The normalized spacial score (nSPS) is 25.7. The smallest absolute Gasteiger partial charge is 0.248 e. The highest BCUT2D eigenvalue weighted by Gasteiger charge is 2.42. The lowest BCUT2D eigenvalue weighted by Gasteiger charge is -2.38. The molecule has 0 aliphatic carbocycles. The van der Waals surface area contributed by atoms with E-state index in [1.807, 2.05) is 47.6 Å². The van der Waals surface area contributed by atoms with Crippen molar-refractivity contribution in [1.29, 1.82) is 0 Å². The first-order valence-electron chi connectivity index (χ1n) is 25.0. The first-order valence-corrected chi connectivity index (χ1v) is 25.0. The number of rotatable bonds is 11. The summed E-state index contributed by atoms with van der Waals surface area (Å²) in [6.07, 6.45) is 0.800. The molecule has 0 spiro atoms. The number of amides is 9. The summed E-state index contributed by atoms with van der Waals surface area (Å²) < 4.78 is 0. The number of piperidine rings is 1. The van der Waals surface area contributed by atoms with E-state index in [-0.39, 0.29) is 43.4 Å². The van der Waals surface area contributed by atoms with Crippen molar-refractivity contribution in [3.8, 4) is 0 Å². The molecule has 3 rings (SSSR count). The Balaban J connectivity index is 2.25. The second-order valence-corrected chi connectivity index (χ2v) is 21.0. The maximum Gasteiger partial charge on any atom is 0.248 e. The van der Waals surface area contributed by atoms with Gasteiger partial charge < -0.3 is 50.9 Å². The van der Waals surface area contributed by atoms with Gasteiger partial charge in [0.05, 0.1) is 19.1 Å². The van der Waals surface area contributed by atoms with Gasteiger partial charge >= 0.3 is 0 Å². The van der Waals surface area contributed by atoms with E-state index < -0.39 is 120 Å². The van der Waals surface area contributed by atoms with Crippen LogP contribution in [0.15, 0.2) is 30.3 Å². The number of aliphatic hydroxyl groups excluding tert-OH is 1. The summed E-state index contributed by atoms with van der Waals surface area (Å²) in [5.74, 6) is -6.98. The van der Waals surface area contributed by atoms with Crippen LogP contribution in [0.4, 0.5) is 0 Å². The molecule has 2 aliphatic heterocycles. The van der Waals surface area contributed by atoms with Gasteiger partial charge in [0.1, 0.15) is 42.3 Å². The standard InChI is InChI=1S/C51H83N9O10/c1-30(2)24-36-45(64)53-37(47(66)60-22-18-15-19-23-60)28-41(62)54-43(33(7)8)50(69)59(13)40(27-35-20-16-14-17-21-35)49(68)57(11)38(25-31(3)4)46(65)55-44(34(9)61)51(70)58(12)39(26-32(5)6)48(67)56(10)29-42(63)52-36/h14,16-17,20-21,30-34,36-40,43-44,61H,15,18-19,22-29H2,1-13H3,(H,52,63)(H,53,64)(H,54,62)(H,55,65)/t34-,36+,37+,38+,39+,40+,43+,44+/m1/s1. The molecule has 2 saturated heterocycles. The van der Waals surface area contributed by atoms with E-state index >= 15 is 0 Å². The molecule has 2 fully saturated rings. The monoisotopic (exact) mass is 982 g/mol. The van der Waals surface area contributed by atoms with Crippen molar-refractivity contribution in [2.24, 2.45) is 23.7 Å². The van der Waals surface area contributed by atoms with Gasteiger partial charge in [-0.25, -0.2) is 0 Å². The molecule has 1 aromatic rings. The Hall–Kier alpha value is -5.59. The van der Waals surface area contributed by atoms with Crippen LogP contribution in [-0.2, 0) is 49.6 Å². The summed E-state index contributed by atoms with van der Waals surface area (Å²) in [5, 5.41) is 22.0. The Morgan fingerprint density at radius 2 is 1.11 bits per heavy atom. The van der Waals surface area contributed by atoms with Crippen molar-refractivity contribution in [3.63, 3.8) is 0 Å². The molecule has 1 aromatic carbocycles. The average Bonchev–Trinajstić information content (AvgIpc) is 3.30. The summed E-state index contributed by atoms with van der Waals surface area (Å²) in [6, 6.07) is 0.0839. The van der Waals surface area contributed by atoms with Crippen molar-refractivity contribution in [2.75, 3.05) is 47.8 Å². The van der Waals surface area contributed by atoms with E-state index in [0.717, 1.165) is 29.1 Å². The largest absolute Gasteiger partial charge is 0.391 e. The molecule has 0 unspecified atom stereocenters. The molecule has 8 atom stereocenters. The summed E-state index contributed by atoms with van der Waals surface area (Å²) in [7, 11) is 5.65. The summed E-state index contributed by atoms with van der Waals surface area (Å²) in [6.45, 7) is 16.2. The van der Waals surface area contributed by atoms with Crippen LogP contribution < -0.4 is 21.3 Å². The van der Waals surface area contributed by atoms with Crippen LogP contribution in [0.5, 0.6) is 0 Å². The van der Waals surface area contributed by atoms with Gasteiger partial charge in [-0.05, 0) is 74.7 Å². The molecule has 9 amide bonds. The minimum Gasteiger partial charge on any atom is -0.391 e. The summed E-state index contributed by atoms with van der Waals surface area (Å²) >= 11 is 0. The first-order chi connectivity index (χ1) is 32.7. The molecule has 2 heterocycles. The molecular formula is C51H83N9O10. The second-order valence-electron chi connectivity index (χ2n) is 21.0. The van der Waals surface area contributed by atoms with Gasteiger partial charge in [-0.3, -0.25) is 43.2 Å². The van der Waals surface area contributed by atoms with Crippen LogP contribution in [-0.4, -0.2) is 179 Å². The maximum absolute atomic E-state index is 15.0. The lowest BCUT2D eigenvalue weighted by Crippen LogP contribution is -2.62. The van der Waals surface area contributed by atoms with E-state index in [2.05, 4.69) is 21.3 Å². The zero-order valence-electron chi connectivity index (χ0n) is 44.0. The van der Waals surface area contributed by atoms with Crippen molar-refractivity contribution in [3.05, 3.63) is 35.9 Å². The van der Waals surface area contributed by atoms with Gasteiger partial charge in [0.2, 0.25) is 53.2 Å². The highest BCUT2D eigenvalue weighted by molar-refractivity contribution is 5.99. The topological polar surface area (TPSA) is 238 Å². The highest BCUT2D eigenvalue weighted by atomic mass is 16.3. The van der Waals surface area contributed by atoms with Crippen molar-refractivity contribution < 1.29 is 48.3 Å². The van der Waals surface area contributed by atoms with Crippen LogP contribution in [0, 0.1) is 23.7 Å². The van der Waals surface area contributed by atoms with Crippen LogP contribution in [0.3, 0.4) is 0 Å². The highest BCUT2D eigenvalue weighted by Crippen LogP contribution is 2.21. The van der Waals surface area contributed by atoms with Crippen molar-refractivity contribution in [1.82, 2.24) is 45.8 Å². The number of hydrogen-bond acceptors (Lipinski definition) is 10. The lowest BCUT2D eigenvalue weighted by molar-refractivity contribution is -0.151.